The van der Waals surface area contributed by atoms with Gasteiger partial charge in [-0.3, -0.25) is 14.4 Å². The summed E-state index contributed by atoms with van der Waals surface area (Å²) >= 11 is 6.13. The highest BCUT2D eigenvalue weighted by molar-refractivity contribution is 6.39. The van der Waals surface area contributed by atoms with Crippen LogP contribution >= 0.6 is 11.6 Å². The van der Waals surface area contributed by atoms with Crippen molar-refractivity contribution < 1.29 is 19.1 Å². The zero-order valence-corrected chi connectivity index (χ0v) is 30.5. The van der Waals surface area contributed by atoms with E-state index in [1.807, 2.05) is 87.5 Å². The number of hydrogen-bond acceptors (Lipinski definition) is 9. The van der Waals surface area contributed by atoms with E-state index < -0.39 is 17.2 Å². The monoisotopic (exact) mass is 732 g/mol. The minimum Gasteiger partial charge on any atom is -0.458 e. The Bertz CT molecular complexity index is 2050. The number of halogens is 1. The molecule has 53 heavy (non-hydrogen) atoms. The first-order valence-corrected chi connectivity index (χ1v) is 17.6. The molecule has 0 aliphatic heterocycles. The molecule has 5 aromatic rings. The van der Waals surface area contributed by atoms with E-state index in [1.165, 1.54) is 0 Å². The largest absolute Gasteiger partial charge is 0.458 e. The van der Waals surface area contributed by atoms with Crippen LogP contribution in [-0.4, -0.2) is 45.8 Å². The summed E-state index contributed by atoms with van der Waals surface area (Å²) < 4.78 is 5.99. The number of aryl methyl sites for hydroxylation is 1. The number of carbonyl (C=O) groups is 3. The highest BCUT2D eigenvalue weighted by Gasteiger charge is 2.45. The van der Waals surface area contributed by atoms with Gasteiger partial charge in [0, 0.05) is 35.1 Å². The van der Waals surface area contributed by atoms with E-state index in [9.17, 15) is 14.4 Å². The van der Waals surface area contributed by atoms with Gasteiger partial charge in [-0.1, -0.05) is 85.6 Å². The summed E-state index contributed by atoms with van der Waals surface area (Å²) in [6.45, 7) is 6.42. The van der Waals surface area contributed by atoms with Crippen LogP contribution in [0.3, 0.4) is 0 Å². The van der Waals surface area contributed by atoms with Crippen molar-refractivity contribution in [1.29, 1.82) is 0 Å². The number of hydrogen-bond donors (Lipinski definition) is 5. The van der Waals surface area contributed by atoms with Crippen LogP contribution in [0.25, 0.3) is 0 Å². The maximum Gasteiger partial charge on any atom is 0.323 e. The lowest BCUT2D eigenvalue weighted by atomic mass is 9.93. The molecule has 4 aromatic carbocycles. The Labute approximate surface area is 313 Å². The van der Waals surface area contributed by atoms with Gasteiger partial charge in [-0.25, -0.2) is 0 Å². The number of aromatic nitrogens is 3. The maximum atomic E-state index is 13.0. The van der Waals surface area contributed by atoms with Crippen LogP contribution < -0.4 is 31.3 Å². The number of amides is 3. The summed E-state index contributed by atoms with van der Waals surface area (Å²) in [5.41, 5.74) is 3.89. The van der Waals surface area contributed by atoms with Gasteiger partial charge >= 0.3 is 17.8 Å². The molecule has 1 aromatic heterocycles. The van der Waals surface area contributed by atoms with Crippen molar-refractivity contribution in [2.24, 2.45) is 5.41 Å². The molecule has 1 aliphatic carbocycles. The van der Waals surface area contributed by atoms with Crippen LogP contribution in [0, 0.1) is 12.3 Å². The normalized spacial score (nSPS) is 13.0. The Hall–Kier alpha value is -6.01. The molecule has 1 heterocycles. The molecule has 6 rings (SSSR count). The first-order valence-electron chi connectivity index (χ1n) is 17.2. The molecule has 1 fully saturated rings. The Morgan fingerprint density at radius 1 is 0.755 bits per heavy atom. The first kappa shape index (κ1) is 36.8. The molecule has 12 nitrogen and oxygen atoms in total. The van der Waals surface area contributed by atoms with E-state index >= 15 is 0 Å². The lowest BCUT2D eigenvalue weighted by Gasteiger charge is -2.25. The molecule has 5 N–H and O–H groups in total. The molecule has 272 valence electrons. The zero-order valence-electron chi connectivity index (χ0n) is 29.7. The summed E-state index contributed by atoms with van der Waals surface area (Å²) in [5, 5.41) is 15.5. The Morgan fingerprint density at radius 3 is 2.08 bits per heavy atom. The molecular formula is C40H41ClN8O4. The van der Waals surface area contributed by atoms with E-state index in [-0.39, 0.29) is 43.1 Å². The van der Waals surface area contributed by atoms with Crippen LogP contribution in [0.1, 0.15) is 53.7 Å². The van der Waals surface area contributed by atoms with E-state index in [1.54, 1.807) is 36.4 Å². The summed E-state index contributed by atoms with van der Waals surface area (Å²) in [5.74, 6) is -1.16. The minimum atomic E-state index is -0.757. The van der Waals surface area contributed by atoms with Crippen molar-refractivity contribution in [1.82, 2.24) is 25.6 Å². The number of nitrogens with one attached hydrogen (secondary N) is 5. The summed E-state index contributed by atoms with van der Waals surface area (Å²) in [6.07, 6.45) is 1.81. The van der Waals surface area contributed by atoms with Gasteiger partial charge in [-0.05, 0) is 84.8 Å². The van der Waals surface area contributed by atoms with E-state index in [0.717, 1.165) is 29.5 Å². The van der Waals surface area contributed by atoms with Gasteiger partial charge in [0.1, 0.15) is 6.61 Å². The van der Waals surface area contributed by atoms with Gasteiger partial charge in [-0.15, -0.1) is 0 Å². The number of nitrogens with zero attached hydrogens (tertiary/aromatic N) is 3. The second-order valence-electron chi connectivity index (χ2n) is 13.8. The second-order valence-corrected chi connectivity index (χ2v) is 14.2. The number of benzene rings is 4. The van der Waals surface area contributed by atoms with Crippen LogP contribution in [0.15, 0.2) is 103 Å². The number of rotatable bonds is 14. The highest BCUT2D eigenvalue weighted by atomic mass is 35.5. The smallest absolute Gasteiger partial charge is 0.323 e. The number of ether oxygens (including phenoxy) is 1. The predicted molar refractivity (Wildman–Crippen MR) is 205 cm³/mol. The Balaban J connectivity index is 1.06. The van der Waals surface area contributed by atoms with Crippen molar-refractivity contribution in [3.05, 3.63) is 130 Å². The van der Waals surface area contributed by atoms with Crippen LogP contribution in [0.4, 0.5) is 23.3 Å². The first-order chi connectivity index (χ1) is 25.4. The zero-order chi connectivity index (χ0) is 37.4. The molecule has 3 amide bonds. The fourth-order valence-corrected chi connectivity index (χ4v) is 5.52. The second kappa shape index (κ2) is 16.1. The fourth-order valence-electron chi connectivity index (χ4n) is 5.39. The summed E-state index contributed by atoms with van der Waals surface area (Å²) in [6, 6.07) is 31.7. The fraction of sp³-hybridized carbons (Fsp3) is 0.250. The van der Waals surface area contributed by atoms with Crippen molar-refractivity contribution in [2.75, 3.05) is 29.0 Å². The summed E-state index contributed by atoms with van der Waals surface area (Å²) in [4.78, 5) is 51.5. The third-order valence-electron chi connectivity index (χ3n) is 8.70. The van der Waals surface area contributed by atoms with E-state index in [0.29, 0.717) is 27.9 Å². The summed E-state index contributed by atoms with van der Waals surface area (Å²) in [7, 11) is 0. The van der Waals surface area contributed by atoms with Crippen molar-refractivity contribution in [2.45, 2.75) is 45.8 Å². The van der Waals surface area contributed by atoms with Crippen LogP contribution in [0.5, 0.6) is 6.01 Å². The molecule has 0 atom stereocenters. The Kier molecular flexibility index (Phi) is 11.2. The quantitative estimate of drug-likeness (QED) is 0.0777. The third-order valence-corrected chi connectivity index (χ3v) is 8.95. The van der Waals surface area contributed by atoms with Gasteiger partial charge in [0.2, 0.25) is 11.9 Å². The molecule has 0 spiro atoms. The van der Waals surface area contributed by atoms with Gasteiger partial charge in [0.15, 0.2) is 0 Å². The SMILES string of the molecule is Cc1ccc(NC(=O)C(=O)NCC(C)(C)CNC(=O)c2ccc(Nc3nc(NC4(c5ccc(Cl)cc5)CC4)nc(OCc4ccccc4)n3)cc2)cc1. The molecule has 0 radical (unpaired) electrons. The predicted octanol–water partition coefficient (Wildman–Crippen LogP) is 6.77. The van der Waals surface area contributed by atoms with Crippen molar-refractivity contribution in [3.8, 4) is 6.01 Å². The minimum absolute atomic E-state index is 0.155. The average molecular weight is 733 g/mol. The van der Waals surface area contributed by atoms with Gasteiger partial charge < -0.3 is 31.3 Å². The maximum absolute atomic E-state index is 13.0. The average Bonchev–Trinajstić information content (AvgIpc) is 3.94. The molecular weight excluding hydrogens is 692 g/mol. The van der Waals surface area contributed by atoms with Crippen LogP contribution in [0.2, 0.25) is 5.02 Å². The van der Waals surface area contributed by atoms with Crippen molar-refractivity contribution >= 4 is 52.6 Å². The lowest BCUT2D eigenvalue weighted by molar-refractivity contribution is -0.136. The molecule has 1 saturated carbocycles. The Morgan fingerprint density at radius 2 is 1.40 bits per heavy atom. The topological polar surface area (TPSA) is 159 Å². The van der Waals surface area contributed by atoms with Gasteiger partial charge in [-0.2, -0.15) is 15.0 Å². The van der Waals surface area contributed by atoms with Crippen molar-refractivity contribution in [3.63, 3.8) is 0 Å². The lowest BCUT2D eigenvalue weighted by Crippen LogP contribution is -2.44. The molecule has 0 saturated heterocycles. The van der Waals surface area contributed by atoms with Crippen LogP contribution in [-0.2, 0) is 21.7 Å². The molecule has 0 bridgehead atoms. The molecule has 13 heteroatoms. The van der Waals surface area contributed by atoms with Gasteiger partial charge in [0.25, 0.3) is 5.91 Å². The number of carbonyl (C=O) groups excluding carboxylic acids is 3. The van der Waals surface area contributed by atoms with E-state index in [2.05, 4.69) is 41.5 Å². The highest BCUT2D eigenvalue weighted by Crippen LogP contribution is 2.48. The molecule has 1 aliphatic rings. The number of anilines is 4. The molecule has 0 unspecified atom stereocenters. The van der Waals surface area contributed by atoms with Gasteiger partial charge in [0.05, 0.1) is 5.54 Å². The standard InChI is InChI=1S/C40H41ClN8O4/c1-26-9-17-31(18-10-26)44-35(52)34(51)43-25-39(2,3)24-42-33(50)28-11-19-32(20-12-28)45-36-46-37(48-38(47-36)53-23-27-7-5-4-6-8-27)49-40(21-22-40)29-13-15-30(41)16-14-29/h4-20H,21-25H2,1-3H3,(H,42,50)(H,43,51)(H,44,52)(H2,45,46,47,48,49). The third kappa shape index (κ3) is 10.3. The van der Waals surface area contributed by atoms with E-state index in [4.69, 9.17) is 16.3 Å².